The number of anilines is 4. The quantitative estimate of drug-likeness (QED) is 0.323. The van der Waals surface area contributed by atoms with Gasteiger partial charge < -0.3 is 10.2 Å². The monoisotopic (exact) mass is 436 g/mol. The lowest BCUT2D eigenvalue weighted by atomic mass is 10.1. The summed E-state index contributed by atoms with van der Waals surface area (Å²) >= 11 is 0. The molecular weight excluding hydrogens is 415 g/mol. The molecule has 0 saturated carbocycles. The van der Waals surface area contributed by atoms with E-state index in [1.807, 2.05) is 0 Å². The van der Waals surface area contributed by atoms with Gasteiger partial charge >= 0.3 is 0 Å². The Balaban J connectivity index is 1.56. The van der Waals surface area contributed by atoms with Gasteiger partial charge in [-0.05, 0) is 49.1 Å². The largest absolute Gasteiger partial charge is 0.341 e. The van der Waals surface area contributed by atoms with E-state index >= 15 is 0 Å². The van der Waals surface area contributed by atoms with Crippen LogP contribution in [0, 0.1) is 15.9 Å². The van der Waals surface area contributed by atoms with Crippen LogP contribution in [0.15, 0.2) is 53.6 Å². The van der Waals surface area contributed by atoms with Crippen molar-refractivity contribution in [2.24, 2.45) is 5.10 Å². The van der Waals surface area contributed by atoms with Crippen molar-refractivity contribution in [3.05, 3.63) is 70.0 Å². The van der Waals surface area contributed by atoms with E-state index in [4.69, 9.17) is 0 Å². The van der Waals surface area contributed by atoms with Gasteiger partial charge in [-0.2, -0.15) is 20.1 Å². The SMILES string of the molecule is O=[N+]([O-])c1ccc(Nc2nc(NN=Cc3cccc(F)c3)nc(N3CCCCC3)n2)cc1. The van der Waals surface area contributed by atoms with Crippen molar-refractivity contribution in [1.29, 1.82) is 0 Å². The lowest BCUT2D eigenvalue weighted by Gasteiger charge is -2.26. The molecule has 1 saturated heterocycles. The maximum absolute atomic E-state index is 13.3. The normalized spacial score (nSPS) is 13.8. The van der Waals surface area contributed by atoms with Crippen LogP contribution in [0.25, 0.3) is 0 Å². The number of halogens is 1. The number of aromatic nitrogens is 3. The molecule has 4 rings (SSSR count). The Morgan fingerprint density at radius 2 is 1.78 bits per heavy atom. The Hall–Kier alpha value is -4.15. The van der Waals surface area contributed by atoms with Crippen molar-refractivity contribution in [2.45, 2.75) is 19.3 Å². The molecule has 0 aliphatic carbocycles. The topological polar surface area (TPSA) is 121 Å². The number of nitro groups is 1. The highest BCUT2D eigenvalue weighted by Crippen LogP contribution is 2.22. The molecule has 0 radical (unpaired) electrons. The van der Waals surface area contributed by atoms with E-state index in [0.717, 1.165) is 25.9 Å². The first-order chi connectivity index (χ1) is 15.6. The van der Waals surface area contributed by atoms with Gasteiger partial charge in [0.05, 0.1) is 11.1 Å². The minimum atomic E-state index is -0.459. The average Bonchev–Trinajstić information content (AvgIpc) is 2.80. The highest BCUT2D eigenvalue weighted by molar-refractivity contribution is 5.79. The molecule has 0 spiro atoms. The van der Waals surface area contributed by atoms with Gasteiger partial charge in [0.15, 0.2) is 0 Å². The van der Waals surface area contributed by atoms with Crippen LogP contribution in [0.4, 0.5) is 33.6 Å². The fourth-order valence-electron chi connectivity index (χ4n) is 3.25. The van der Waals surface area contributed by atoms with E-state index in [9.17, 15) is 14.5 Å². The first-order valence-electron chi connectivity index (χ1n) is 10.1. The fraction of sp³-hybridized carbons (Fsp3) is 0.238. The molecule has 0 bridgehead atoms. The second-order valence-electron chi connectivity index (χ2n) is 7.18. The summed E-state index contributed by atoms with van der Waals surface area (Å²) in [5, 5.41) is 18.0. The molecule has 1 fully saturated rings. The number of nitrogens with one attached hydrogen (secondary N) is 2. The van der Waals surface area contributed by atoms with Crippen LogP contribution in [-0.2, 0) is 0 Å². The summed E-state index contributed by atoms with van der Waals surface area (Å²) in [5.74, 6) is 0.652. The van der Waals surface area contributed by atoms with Crippen LogP contribution in [0.1, 0.15) is 24.8 Å². The Kier molecular flexibility index (Phi) is 6.44. The highest BCUT2D eigenvalue weighted by Gasteiger charge is 2.16. The Morgan fingerprint density at radius 1 is 1.03 bits per heavy atom. The molecule has 1 aliphatic rings. The summed E-state index contributed by atoms with van der Waals surface area (Å²) < 4.78 is 13.3. The third-order valence-corrected chi connectivity index (χ3v) is 4.82. The molecule has 2 aromatic carbocycles. The number of non-ortho nitro benzene ring substituents is 1. The Morgan fingerprint density at radius 3 is 2.50 bits per heavy atom. The summed E-state index contributed by atoms with van der Waals surface area (Å²) in [6.07, 6.45) is 4.74. The number of rotatable bonds is 7. The third-order valence-electron chi connectivity index (χ3n) is 4.82. The van der Waals surface area contributed by atoms with Gasteiger partial charge in [-0.15, -0.1) is 0 Å². The average molecular weight is 436 g/mol. The van der Waals surface area contributed by atoms with Crippen LogP contribution in [0.2, 0.25) is 0 Å². The number of nitro benzene ring substituents is 1. The van der Waals surface area contributed by atoms with Crippen molar-refractivity contribution in [1.82, 2.24) is 15.0 Å². The molecule has 0 unspecified atom stereocenters. The molecule has 1 aliphatic heterocycles. The van der Waals surface area contributed by atoms with Gasteiger partial charge in [0, 0.05) is 30.9 Å². The summed E-state index contributed by atoms with van der Waals surface area (Å²) in [6.45, 7) is 1.68. The number of hydrogen-bond donors (Lipinski definition) is 2. The summed E-state index contributed by atoms with van der Waals surface area (Å²) in [5.41, 5.74) is 3.95. The van der Waals surface area contributed by atoms with Gasteiger partial charge in [0.2, 0.25) is 17.8 Å². The zero-order chi connectivity index (χ0) is 22.3. The van der Waals surface area contributed by atoms with Crippen molar-refractivity contribution in [3.8, 4) is 0 Å². The zero-order valence-corrected chi connectivity index (χ0v) is 17.1. The molecule has 164 valence electrons. The second kappa shape index (κ2) is 9.77. The molecule has 10 nitrogen and oxygen atoms in total. The molecule has 11 heteroatoms. The predicted octanol–water partition coefficient (Wildman–Crippen LogP) is 4.10. The fourth-order valence-corrected chi connectivity index (χ4v) is 3.25. The maximum Gasteiger partial charge on any atom is 0.269 e. The molecule has 2 heterocycles. The standard InChI is InChI=1S/C21H21FN8O2/c22-16-6-4-5-15(13-16)14-23-28-20-25-19(24-17-7-9-18(10-8-17)30(31)32)26-21(27-20)29-11-2-1-3-12-29/h4-10,13-14H,1-3,11-12H2,(H2,24,25,26,27,28). The second-order valence-corrected chi connectivity index (χ2v) is 7.18. The molecule has 1 aromatic heterocycles. The van der Waals surface area contributed by atoms with Gasteiger partial charge in [-0.1, -0.05) is 12.1 Å². The number of nitrogens with zero attached hydrogens (tertiary/aromatic N) is 6. The van der Waals surface area contributed by atoms with Gasteiger partial charge in [0.1, 0.15) is 5.82 Å². The van der Waals surface area contributed by atoms with E-state index in [0.29, 0.717) is 17.2 Å². The van der Waals surface area contributed by atoms with Crippen molar-refractivity contribution in [2.75, 3.05) is 28.7 Å². The first kappa shape index (κ1) is 21.1. The summed E-state index contributed by atoms with van der Waals surface area (Å²) in [4.78, 5) is 25.8. The molecule has 32 heavy (non-hydrogen) atoms. The van der Waals surface area contributed by atoms with E-state index in [1.165, 1.54) is 36.9 Å². The minimum Gasteiger partial charge on any atom is -0.341 e. The number of piperidine rings is 1. The first-order valence-corrected chi connectivity index (χ1v) is 10.1. The van der Waals surface area contributed by atoms with Crippen LogP contribution in [0.5, 0.6) is 0 Å². The van der Waals surface area contributed by atoms with Crippen molar-refractivity contribution in [3.63, 3.8) is 0 Å². The lowest BCUT2D eigenvalue weighted by molar-refractivity contribution is -0.384. The Bertz CT molecular complexity index is 1120. The molecule has 0 amide bonds. The van der Waals surface area contributed by atoms with Gasteiger partial charge in [-0.25, -0.2) is 9.82 Å². The van der Waals surface area contributed by atoms with Crippen LogP contribution >= 0.6 is 0 Å². The molecule has 3 aromatic rings. The van der Waals surface area contributed by atoms with Gasteiger partial charge in [-0.3, -0.25) is 10.1 Å². The van der Waals surface area contributed by atoms with Crippen LogP contribution in [0.3, 0.4) is 0 Å². The van der Waals surface area contributed by atoms with E-state index < -0.39 is 4.92 Å². The number of hydrogen-bond acceptors (Lipinski definition) is 9. The molecule has 0 atom stereocenters. The molecular formula is C21H21FN8O2. The predicted molar refractivity (Wildman–Crippen MR) is 120 cm³/mol. The summed E-state index contributed by atoms with van der Waals surface area (Å²) in [6, 6.07) is 12.0. The minimum absolute atomic E-state index is 0.00533. The number of benzene rings is 2. The number of hydrazone groups is 1. The van der Waals surface area contributed by atoms with Crippen molar-refractivity contribution >= 4 is 35.4 Å². The van der Waals surface area contributed by atoms with Crippen LogP contribution in [-0.4, -0.2) is 39.2 Å². The highest BCUT2D eigenvalue weighted by atomic mass is 19.1. The lowest BCUT2D eigenvalue weighted by Crippen LogP contribution is -2.31. The van der Waals surface area contributed by atoms with E-state index in [1.54, 1.807) is 24.3 Å². The zero-order valence-electron chi connectivity index (χ0n) is 17.1. The summed E-state index contributed by atoms with van der Waals surface area (Å²) in [7, 11) is 0. The molecule has 2 N–H and O–H groups in total. The van der Waals surface area contributed by atoms with Crippen molar-refractivity contribution < 1.29 is 9.31 Å². The van der Waals surface area contributed by atoms with Crippen LogP contribution < -0.4 is 15.6 Å². The smallest absolute Gasteiger partial charge is 0.269 e. The third kappa shape index (κ3) is 5.50. The van der Waals surface area contributed by atoms with Gasteiger partial charge in [0.25, 0.3) is 5.69 Å². The Labute approximate surface area is 183 Å². The maximum atomic E-state index is 13.3. The van der Waals surface area contributed by atoms with E-state index in [-0.39, 0.29) is 23.4 Å². The van der Waals surface area contributed by atoms with E-state index in [2.05, 4.69) is 35.7 Å².